The largest absolute Gasteiger partial charge is 0.390 e. The first-order valence-corrected chi connectivity index (χ1v) is 9.85. The van der Waals surface area contributed by atoms with Gasteiger partial charge in [0.15, 0.2) is 0 Å². The highest BCUT2D eigenvalue weighted by atomic mass is 35.5. The third-order valence-corrected chi connectivity index (χ3v) is 5.04. The van der Waals surface area contributed by atoms with E-state index in [4.69, 9.17) is 0 Å². The van der Waals surface area contributed by atoms with Gasteiger partial charge in [-0.05, 0) is 55.5 Å². The lowest BCUT2D eigenvalue weighted by molar-refractivity contribution is -0.120. The summed E-state index contributed by atoms with van der Waals surface area (Å²) < 4.78 is 27.0. The predicted octanol–water partition coefficient (Wildman–Crippen LogP) is 3.88. The fraction of sp³-hybridized carbons (Fsp3) is 0.435. The van der Waals surface area contributed by atoms with Gasteiger partial charge in [0.1, 0.15) is 11.6 Å². The molecule has 0 fully saturated rings. The summed E-state index contributed by atoms with van der Waals surface area (Å²) in [4.78, 5) is 11.6. The number of aliphatic hydroxyl groups excluding tert-OH is 1. The van der Waals surface area contributed by atoms with Crippen LogP contribution in [0.5, 0.6) is 0 Å². The van der Waals surface area contributed by atoms with Crippen LogP contribution in [0.25, 0.3) is 0 Å². The number of amides is 1. The van der Waals surface area contributed by atoms with Crippen LogP contribution < -0.4 is 10.6 Å². The molecule has 0 spiro atoms. The normalized spacial score (nSPS) is 13.3. The fourth-order valence-electron chi connectivity index (χ4n) is 3.31. The molecule has 2 aromatic carbocycles. The second-order valence-electron chi connectivity index (χ2n) is 7.92. The van der Waals surface area contributed by atoms with Crippen molar-refractivity contribution in [2.24, 2.45) is 0 Å². The minimum atomic E-state index is -0.945. The third-order valence-electron chi connectivity index (χ3n) is 5.04. The van der Waals surface area contributed by atoms with Crippen molar-refractivity contribution in [3.8, 4) is 0 Å². The number of hydrogen-bond donors (Lipinski definition) is 3. The van der Waals surface area contributed by atoms with Crippen molar-refractivity contribution in [1.82, 2.24) is 10.6 Å². The number of carbonyl (C=O) groups is 1. The van der Waals surface area contributed by atoms with Crippen LogP contribution in [0.2, 0.25) is 0 Å². The van der Waals surface area contributed by atoms with E-state index >= 15 is 0 Å². The van der Waals surface area contributed by atoms with Crippen molar-refractivity contribution < 1.29 is 18.7 Å². The van der Waals surface area contributed by atoms with Gasteiger partial charge >= 0.3 is 0 Å². The van der Waals surface area contributed by atoms with E-state index in [0.29, 0.717) is 5.56 Å². The highest BCUT2D eigenvalue weighted by Gasteiger charge is 2.26. The van der Waals surface area contributed by atoms with Gasteiger partial charge in [-0.2, -0.15) is 0 Å². The van der Waals surface area contributed by atoms with E-state index in [1.807, 2.05) is 26.0 Å². The van der Waals surface area contributed by atoms with Gasteiger partial charge in [-0.1, -0.05) is 31.2 Å². The minimum absolute atomic E-state index is 0. The first kappa shape index (κ1) is 26.0. The molecule has 2 aromatic rings. The molecule has 166 valence electrons. The van der Waals surface area contributed by atoms with Crippen molar-refractivity contribution in [1.29, 1.82) is 0 Å². The van der Waals surface area contributed by atoms with E-state index in [2.05, 4.69) is 29.7 Å². The first-order valence-electron chi connectivity index (χ1n) is 9.85. The molecule has 4 nitrogen and oxygen atoms in total. The van der Waals surface area contributed by atoms with Gasteiger partial charge < -0.3 is 15.7 Å². The molecule has 0 heterocycles. The van der Waals surface area contributed by atoms with Crippen molar-refractivity contribution in [2.45, 2.75) is 58.2 Å². The van der Waals surface area contributed by atoms with Crippen molar-refractivity contribution in [2.75, 3.05) is 6.54 Å². The zero-order chi connectivity index (χ0) is 21.6. The number of halogens is 3. The highest BCUT2D eigenvalue weighted by Crippen LogP contribution is 2.21. The molecule has 2 rings (SSSR count). The number of benzene rings is 2. The number of hydrogen-bond acceptors (Lipinski definition) is 3. The molecule has 0 radical (unpaired) electrons. The molecule has 0 aromatic heterocycles. The van der Waals surface area contributed by atoms with Gasteiger partial charge in [-0.3, -0.25) is 4.79 Å². The van der Waals surface area contributed by atoms with Gasteiger partial charge in [-0.15, -0.1) is 12.4 Å². The molecule has 0 unspecified atom stereocenters. The average molecular weight is 441 g/mol. The van der Waals surface area contributed by atoms with Crippen LogP contribution in [0.4, 0.5) is 8.78 Å². The van der Waals surface area contributed by atoms with E-state index in [0.717, 1.165) is 18.1 Å². The Balaban J connectivity index is 0.00000450. The van der Waals surface area contributed by atoms with E-state index in [1.165, 1.54) is 24.6 Å². The Morgan fingerprint density at radius 2 is 1.73 bits per heavy atom. The fourth-order valence-corrected chi connectivity index (χ4v) is 3.31. The Kier molecular flexibility index (Phi) is 9.88. The van der Waals surface area contributed by atoms with Crippen LogP contribution in [0.15, 0.2) is 42.5 Å². The number of aliphatic hydroxyl groups is 1. The Labute approximate surface area is 183 Å². The Bertz CT molecular complexity index is 825. The molecule has 0 saturated carbocycles. The van der Waals surface area contributed by atoms with Gasteiger partial charge in [0.05, 0.1) is 12.1 Å². The van der Waals surface area contributed by atoms with Gasteiger partial charge in [0.2, 0.25) is 5.91 Å². The standard InChI is InChI=1S/C23H30F2N2O2.ClH/c1-5-16-7-6-8-18(9-16)23(3,4)26-14-22(29)21(27-15(2)28)12-17-10-19(24)13-20(25)11-17;/h6-11,13,21-22,26,29H,5,12,14H2,1-4H3,(H,27,28);1H/t21-,22+;/m0./s1. The predicted molar refractivity (Wildman–Crippen MR) is 118 cm³/mol. The smallest absolute Gasteiger partial charge is 0.217 e. The Morgan fingerprint density at radius 1 is 1.10 bits per heavy atom. The lowest BCUT2D eigenvalue weighted by Gasteiger charge is -2.31. The van der Waals surface area contributed by atoms with Crippen LogP contribution in [-0.2, 0) is 23.2 Å². The highest BCUT2D eigenvalue weighted by molar-refractivity contribution is 5.85. The zero-order valence-electron chi connectivity index (χ0n) is 17.8. The molecular formula is C23H31ClF2N2O2. The topological polar surface area (TPSA) is 61.4 Å². The van der Waals surface area contributed by atoms with Crippen LogP contribution in [0, 0.1) is 11.6 Å². The molecule has 0 aliphatic heterocycles. The number of nitrogens with one attached hydrogen (secondary N) is 2. The van der Waals surface area contributed by atoms with Crippen LogP contribution in [0.1, 0.15) is 44.4 Å². The Morgan fingerprint density at radius 3 is 2.30 bits per heavy atom. The number of rotatable bonds is 9. The maximum atomic E-state index is 13.5. The Hall–Kier alpha value is -2.02. The zero-order valence-corrected chi connectivity index (χ0v) is 18.7. The average Bonchev–Trinajstić information content (AvgIpc) is 2.64. The monoisotopic (exact) mass is 440 g/mol. The summed E-state index contributed by atoms with van der Waals surface area (Å²) in [6, 6.07) is 10.8. The molecule has 3 N–H and O–H groups in total. The summed E-state index contributed by atoms with van der Waals surface area (Å²) in [6.45, 7) is 7.68. The summed E-state index contributed by atoms with van der Waals surface area (Å²) in [5.41, 5.74) is 2.28. The van der Waals surface area contributed by atoms with Gasteiger partial charge in [-0.25, -0.2) is 8.78 Å². The quantitative estimate of drug-likeness (QED) is 0.554. The lowest BCUT2D eigenvalue weighted by atomic mass is 9.91. The third kappa shape index (κ3) is 7.67. The van der Waals surface area contributed by atoms with E-state index in [1.54, 1.807) is 0 Å². The summed E-state index contributed by atoms with van der Waals surface area (Å²) in [6.07, 6.45) is 0.100. The maximum absolute atomic E-state index is 13.5. The maximum Gasteiger partial charge on any atom is 0.217 e. The summed E-state index contributed by atoms with van der Waals surface area (Å²) in [7, 11) is 0. The van der Waals surface area contributed by atoms with Gasteiger partial charge in [0, 0.05) is 25.1 Å². The first-order chi connectivity index (χ1) is 13.6. The second kappa shape index (κ2) is 11.4. The van der Waals surface area contributed by atoms with Crippen molar-refractivity contribution in [3.63, 3.8) is 0 Å². The van der Waals surface area contributed by atoms with E-state index < -0.39 is 29.3 Å². The summed E-state index contributed by atoms with van der Waals surface area (Å²) in [5, 5.41) is 16.7. The second-order valence-corrected chi connectivity index (χ2v) is 7.92. The SMILES string of the molecule is CCc1cccc(C(C)(C)NC[C@@H](O)[C@H](Cc2cc(F)cc(F)c2)NC(C)=O)c1.Cl. The van der Waals surface area contributed by atoms with E-state index in [-0.39, 0.29) is 31.3 Å². The number of carbonyl (C=O) groups excluding carboxylic acids is 1. The molecule has 30 heavy (non-hydrogen) atoms. The molecule has 2 atom stereocenters. The van der Waals surface area contributed by atoms with E-state index in [9.17, 15) is 18.7 Å². The molecule has 0 aliphatic carbocycles. The lowest BCUT2D eigenvalue weighted by Crippen LogP contribution is -2.51. The van der Waals surface area contributed by atoms with Crippen molar-refractivity contribution >= 4 is 18.3 Å². The van der Waals surface area contributed by atoms with Crippen LogP contribution in [0.3, 0.4) is 0 Å². The molecule has 0 bridgehead atoms. The van der Waals surface area contributed by atoms with Gasteiger partial charge in [0.25, 0.3) is 0 Å². The minimum Gasteiger partial charge on any atom is -0.390 e. The number of aryl methyl sites for hydroxylation is 1. The summed E-state index contributed by atoms with van der Waals surface area (Å²) in [5.74, 6) is -1.70. The van der Waals surface area contributed by atoms with Crippen LogP contribution >= 0.6 is 12.4 Å². The van der Waals surface area contributed by atoms with Crippen molar-refractivity contribution in [3.05, 3.63) is 70.8 Å². The molecule has 0 saturated heterocycles. The molecule has 7 heteroatoms. The molecule has 0 aliphatic rings. The molecular weight excluding hydrogens is 410 g/mol. The molecule has 1 amide bonds. The van der Waals surface area contributed by atoms with Crippen LogP contribution in [-0.4, -0.2) is 29.7 Å². The summed E-state index contributed by atoms with van der Waals surface area (Å²) >= 11 is 0.